The number of para-hydroxylation sites is 2. The Kier molecular flexibility index (Phi) is 5.86. The number of fused-ring (bicyclic) bond motifs is 1. The summed E-state index contributed by atoms with van der Waals surface area (Å²) in [6, 6.07) is 17.7. The molecule has 0 radical (unpaired) electrons. The lowest BCUT2D eigenvalue weighted by molar-refractivity contribution is -0.116. The molecule has 0 bridgehead atoms. The van der Waals surface area contributed by atoms with E-state index < -0.39 is 35.5 Å². The number of hydrogen-bond acceptors (Lipinski definition) is 5. The minimum atomic E-state index is -0.805. The Morgan fingerprint density at radius 1 is 0.970 bits per heavy atom. The Hall–Kier alpha value is -4.53. The number of halogens is 1. The average molecular weight is 447 g/mol. The Morgan fingerprint density at radius 3 is 2.45 bits per heavy atom. The van der Waals surface area contributed by atoms with Crippen LogP contribution < -0.4 is 16.6 Å². The van der Waals surface area contributed by atoms with E-state index in [1.807, 2.05) is 0 Å². The summed E-state index contributed by atoms with van der Waals surface area (Å²) in [6.45, 7) is -0.454. The first kappa shape index (κ1) is 21.7. The van der Waals surface area contributed by atoms with Gasteiger partial charge in [0, 0.05) is 0 Å². The predicted molar refractivity (Wildman–Crippen MR) is 120 cm³/mol. The van der Waals surface area contributed by atoms with Crippen LogP contribution in [0.2, 0.25) is 0 Å². The molecule has 0 unspecified atom stereocenters. The Labute approximate surface area is 186 Å². The van der Waals surface area contributed by atoms with Gasteiger partial charge in [0.2, 0.25) is 5.91 Å². The number of hydrogen-bond donors (Lipinski definition) is 1. The molecule has 166 valence electrons. The zero-order valence-corrected chi connectivity index (χ0v) is 17.4. The number of carbonyl (C=O) groups is 2. The Bertz CT molecular complexity index is 1510. The molecule has 0 aliphatic carbocycles. The molecular weight excluding hydrogens is 429 g/mol. The van der Waals surface area contributed by atoms with E-state index in [-0.39, 0.29) is 27.8 Å². The van der Waals surface area contributed by atoms with Crippen molar-refractivity contribution in [2.45, 2.75) is 6.54 Å². The van der Waals surface area contributed by atoms with Crippen molar-refractivity contribution >= 4 is 28.5 Å². The molecule has 1 N–H and O–H groups in total. The number of anilines is 1. The van der Waals surface area contributed by atoms with Crippen LogP contribution in [0.25, 0.3) is 16.6 Å². The molecule has 0 spiro atoms. The first-order valence-electron chi connectivity index (χ1n) is 9.88. The van der Waals surface area contributed by atoms with E-state index in [4.69, 9.17) is 4.74 Å². The fourth-order valence-electron chi connectivity index (χ4n) is 3.53. The second-order valence-corrected chi connectivity index (χ2v) is 7.09. The molecule has 0 saturated carbocycles. The molecule has 33 heavy (non-hydrogen) atoms. The van der Waals surface area contributed by atoms with Crippen LogP contribution in [0.5, 0.6) is 0 Å². The predicted octanol–water partition coefficient (Wildman–Crippen LogP) is 2.72. The summed E-state index contributed by atoms with van der Waals surface area (Å²) in [5.74, 6) is -1.85. The van der Waals surface area contributed by atoms with Crippen LogP contribution in [0.3, 0.4) is 0 Å². The van der Waals surface area contributed by atoms with Gasteiger partial charge in [0.15, 0.2) is 0 Å². The number of amides is 1. The van der Waals surface area contributed by atoms with E-state index in [9.17, 15) is 23.6 Å². The second-order valence-electron chi connectivity index (χ2n) is 7.09. The quantitative estimate of drug-likeness (QED) is 0.475. The van der Waals surface area contributed by atoms with Gasteiger partial charge in [-0.3, -0.25) is 14.2 Å². The highest BCUT2D eigenvalue weighted by Gasteiger charge is 2.18. The van der Waals surface area contributed by atoms with Gasteiger partial charge in [0.05, 0.1) is 35.0 Å². The number of nitrogens with zero attached hydrogens (tertiary/aromatic N) is 2. The molecule has 4 aromatic rings. The minimum Gasteiger partial charge on any atom is -0.465 e. The topological polar surface area (TPSA) is 99.4 Å². The molecular formula is C24H18FN3O5. The minimum absolute atomic E-state index is 0.0425. The first-order valence-corrected chi connectivity index (χ1v) is 9.88. The van der Waals surface area contributed by atoms with Crippen molar-refractivity contribution in [1.82, 2.24) is 9.13 Å². The number of esters is 1. The summed E-state index contributed by atoms with van der Waals surface area (Å²) in [7, 11) is 1.22. The highest BCUT2D eigenvalue weighted by atomic mass is 19.1. The van der Waals surface area contributed by atoms with Crippen LogP contribution in [0.1, 0.15) is 10.4 Å². The third-order valence-electron chi connectivity index (χ3n) is 5.03. The van der Waals surface area contributed by atoms with Crippen LogP contribution in [0.15, 0.2) is 82.4 Å². The van der Waals surface area contributed by atoms with Gasteiger partial charge in [-0.05, 0) is 42.5 Å². The van der Waals surface area contributed by atoms with Crippen molar-refractivity contribution in [3.8, 4) is 5.69 Å². The first-order chi connectivity index (χ1) is 15.9. The van der Waals surface area contributed by atoms with Crippen molar-refractivity contribution in [2.24, 2.45) is 0 Å². The molecule has 4 rings (SSSR count). The molecule has 9 heteroatoms. The Balaban J connectivity index is 1.81. The fraction of sp³-hybridized carbons (Fsp3) is 0.0833. The largest absolute Gasteiger partial charge is 0.465 e. The fourth-order valence-corrected chi connectivity index (χ4v) is 3.53. The number of nitrogens with one attached hydrogen (secondary N) is 1. The van der Waals surface area contributed by atoms with E-state index in [1.54, 1.807) is 30.3 Å². The molecule has 1 amide bonds. The van der Waals surface area contributed by atoms with E-state index >= 15 is 0 Å². The van der Waals surface area contributed by atoms with E-state index in [2.05, 4.69) is 5.32 Å². The third-order valence-corrected chi connectivity index (χ3v) is 5.03. The number of aromatic nitrogens is 2. The van der Waals surface area contributed by atoms with Crippen LogP contribution in [0, 0.1) is 5.82 Å². The van der Waals surface area contributed by atoms with Crippen molar-refractivity contribution in [3.63, 3.8) is 0 Å². The van der Waals surface area contributed by atoms with Gasteiger partial charge >= 0.3 is 11.7 Å². The molecule has 3 aromatic carbocycles. The lowest BCUT2D eigenvalue weighted by atomic mass is 10.2. The maximum absolute atomic E-state index is 13.8. The summed E-state index contributed by atoms with van der Waals surface area (Å²) in [5, 5.41) is 2.79. The smallest absolute Gasteiger partial charge is 0.339 e. The van der Waals surface area contributed by atoms with Gasteiger partial charge in [-0.1, -0.05) is 30.3 Å². The molecule has 0 aliphatic heterocycles. The number of benzene rings is 3. The maximum Gasteiger partial charge on any atom is 0.339 e. The molecule has 8 nitrogen and oxygen atoms in total. The maximum atomic E-state index is 13.8. The van der Waals surface area contributed by atoms with Gasteiger partial charge in [-0.2, -0.15) is 0 Å². The van der Waals surface area contributed by atoms with Gasteiger partial charge in [0.1, 0.15) is 12.4 Å². The summed E-state index contributed by atoms with van der Waals surface area (Å²) in [4.78, 5) is 51.1. The standard InChI is InChI=1S/C24H18FN3O5/c1-33-23(31)17-9-2-4-11-19(17)26-21(29)14-27-20-12-5-3-10-18(20)22(30)28(24(27)32)16-8-6-7-15(25)13-16/h2-13H,14H2,1H3,(H,26,29). The normalized spacial score (nSPS) is 10.7. The lowest BCUT2D eigenvalue weighted by Crippen LogP contribution is -2.40. The van der Waals surface area contributed by atoms with E-state index in [1.165, 1.54) is 43.5 Å². The number of rotatable bonds is 5. The third kappa shape index (κ3) is 4.16. The average Bonchev–Trinajstić information content (AvgIpc) is 2.82. The van der Waals surface area contributed by atoms with Crippen molar-refractivity contribution in [3.05, 3.63) is 105 Å². The molecule has 1 heterocycles. The van der Waals surface area contributed by atoms with E-state index in [0.29, 0.717) is 0 Å². The lowest BCUT2D eigenvalue weighted by Gasteiger charge is -2.15. The monoisotopic (exact) mass is 447 g/mol. The molecule has 0 saturated heterocycles. The van der Waals surface area contributed by atoms with Gasteiger partial charge in [-0.25, -0.2) is 18.5 Å². The summed E-state index contributed by atoms with van der Waals surface area (Å²) in [6.07, 6.45) is 0. The van der Waals surface area contributed by atoms with Gasteiger partial charge < -0.3 is 10.1 Å². The molecule has 0 aliphatic rings. The highest BCUT2D eigenvalue weighted by molar-refractivity contribution is 6.01. The summed E-state index contributed by atoms with van der Waals surface area (Å²) in [5.41, 5.74) is -0.785. The number of carbonyl (C=O) groups excluding carboxylic acids is 2. The van der Waals surface area contributed by atoms with Crippen LogP contribution in [0.4, 0.5) is 10.1 Å². The van der Waals surface area contributed by atoms with Crippen molar-refractivity contribution < 1.29 is 18.7 Å². The molecule has 0 atom stereocenters. The van der Waals surface area contributed by atoms with Crippen molar-refractivity contribution in [2.75, 3.05) is 12.4 Å². The summed E-state index contributed by atoms with van der Waals surface area (Å²) >= 11 is 0. The SMILES string of the molecule is COC(=O)c1ccccc1NC(=O)Cn1c(=O)n(-c2cccc(F)c2)c(=O)c2ccccc21. The van der Waals surface area contributed by atoms with E-state index in [0.717, 1.165) is 15.2 Å². The zero-order chi connectivity index (χ0) is 23.5. The molecule has 0 fully saturated rings. The zero-order valence-electron chi connectivity index (χ0n) is 17.4. The molecule has 1 aromatic heterocycles. The highest BCUT2D eigenvalue weighted by Crippen LogP contribution is 2.17. The van der Waals surface area contributed by atoms with Gasteiger partial charge in [0.25, 0.3) is 5.56 Å². The van der Waals surface area contributed by atoms with Crippen LogP contribution in [-0.4, -0.2) is 28.1 Å². The number of ether oxygens (including phenoxy) is 1. The van der Waals surface area contributed by atoms with Gasteiger partial charge in [-0.15, -0.1) is 0 Å². The van der Waals surface area contributed by atoms with Crippen LogP contribution >= 0.6 is 0 Å². The van der Waals surface area contributed by atoms with Crippen molar-refractivity contribution in [1.29, 1.82) is 0 Å². The number of methoxy groups -OCH3 is 1. The van der Waals surface area contributed by atoms with Crippen LogP contribution in [-0.2, 0) is 16.1 Å². The Morgan fingerprint density at radius 2 is 1.70 bits per heavy atom. The second kappa shape index (κ2) is 8.91. The summed E-state index contributed by atoms with van der Waals surface area (Å²) < 4.78 is 20.5.